The summed E-state index contributed by atoms with van der Waals surface area (Å²) in [7, 11) is -0.257. The summed E-state index contributed by atoms with van der Waals surface area (Å²) < 4.78 is 6.11. The van der Waals surface area contributed by atoms with E-state index in [-0.39, 0.29) is 0 Å². The normalized spacial score (nSPS) is 13.8. The molecule has 0 radical (unpaired) electrons. The lowest BCUT2D eigenvalue weighted by Gasteiger charge is -2.43. The van der Waals surface area contributed by atoms with Crippen LogP contribution in [0.15, 0.2) is 28.9 Å². The number of hydrogen-bond donors (Lipinski definition) is 0. The largest absolute Gasteiger partial charge is 0.497 e. The lowest BCUT2D eigenvalue weighted by Crippen LogP contribution is -2.45. The van der Waals surface area contributed by atoms with E-state index in [0.717, 1.165) is 16.0 Å². The number of hydrogen-bond acceptors (Lipinski definition) is 1. The molecule has 0 aliphatic carbocycles. The molecule has 0 spiro atoms. The second-order valence-electron chi connectivity index (χ2n) is 6.75. The standard InChI is InChI=1S/C18H28Cl2OSi/c1-12(2)22(13(3)4,14(5)6)18(20)17(19)15-8-10-16(21-7)11-9-15/h8-14H,1-7H3/b18-17+. The summed E-state index contributed by atoms with van der Waals surface area (Å²) in [6.45, 7) is 13.7. The zero-order valence-corrected chi connectivity index (χ0v) is 17.2. The Morgan fingerprint density at radius 2 is 1.27 bits per heavy atom. The molecule has 0 aromatic heterocycles. The molecule has 22 heavy (non-hydrogen) atoms. The van der Waals surface area contributed by atoms with Crippen LogP contribution in [0, 0.1) is 0 Å². The molecule has 1 nitrogen and oxygen atoms in total. The van der Waals surface area contributed by atoms with Gasteiger partial charge in [0.2, 0.25) is 0 Å². The van der Waals surface area contributed by atoms with E-state index in [9.17, 15) is 0 Å². The van der Waals surface area contributed by atoms with Gasteiger partial charge in [-0.25, -0.2) is 0 Å². The van der Waals surface area contributed by atoms with Gasteiger partial charge in [-0.1, -0.05) is 64.7 Å². The fourth-order valence-corrected chi connectivity index (χ4v) is 12.5. The first-order valence-electron chi connectivity index (χ1n) is 7.89. The predicted molar refractivity (Wildman–Crippen MR) is 103 cm³/mol. The van der Waals surface area contributed by atoms with Crippen LogP contribution < -0.4 is 4.74 Å². The van der Waals surface area contributed by atoms with Gasteiger partial charge in [0.1, 0.15) is 13.8 Å². The van der Waals surface area contributed by atoms with Gasteiger partial charge in [0, 0.05) is 4.66 Å². The first-order valence-corrected chi connectivity index (χ1v) is 10.9. The minimum atomic E-state index is -1.92. The summed E-state index contributed by atoms with van der Waals surface area (Å²) >= 11 is 13.6. The van der Waals surface area contributed by atoms with E-state index in [1.165, 1.54) is 0 Å². The van der Waals surface area contributed by atoms with Crippen LogP contribution >= 0.6 is 23.2 Å². The van der Waals surface area contributed by atoms with Crippen molar-refractivity contribution in [1.29, 1.82) is 0 Å². The number of ether oxygens (including phenoxy) is 1. The Bertz CT molecular complexity index is 497. The van der Waals surface area contributed by atoms with Crippen LogP contribution in [0.25, 0.3) is 5.03 Å². The van der Waals surface area contributed by atoms with Crippen LogP contribution in [0.1, 0.15) is 47.1 Å². The maximum atomic E-state index is 6.93. The van der Waals surface area contributed by atoms with Crippen LogP contribution in [-0.4, -0.2) is 15.2 Å². The van der Waals surface area contributed by atoms with Crippen molar-refractivity contribution in [2.75, 3.05) is 7.11 Å². The number of benzene rings is 1. The molecule has 1 aromatic rings. The van der Waals surface area contributed by atoms with Crippen molar-refractivity contribution in [3.63, 3.8) is 0 Å². The van der Waals surface area contributed by atoms with Crippen molar-refractivity contribution in [3.05, 3.63) is 34.5 Å². The fraction of sp³-hybridized carbons (Fsp3) is 0.556. The highest BCUT2D eigenvalue weighted by atomic mass is 35.5. The average molecular weight is 359 g/mol. The summed E-state index contributed by atoms with van der Waals surface area (Å²) in [5.41, 5.74) is 2.57. The molecule has 0 N–H and O–H groups in total. The van der Waals surface area contributed by atoms with Crippen LogP contribution in [0.3, 0.4) is 0 Å². The number of halogens is 2. The molecule has 124 valence electrons. The van der Waals surface area contributed by atoms with Gasteiger partial charge in [-0.05, 0) is 46.5 Å². The Kier molecular flexibility index (Phi) is 7.04. The van der Waals surface area contributed by atoms with Crippen LogP contribution in [0.2, 0.25) is 16.6 Å². The smallest absolute Gasteiger partial charge is 0.118 e. The molecule has 0 aliphatic rings. The molecule has 1 rings (SSSR count). The molecule has 0 amide bonds. The van der Waals surface area contributed by atoms with Gasteiger partial charge in [-0.3, -0.25) is 0 Å². The Labute approximate surface area is 146 Å². The molecule has 0 aliphatic heterocycles. The van der Waals surface area contributed by atoms with E-state index >= 15 is 0 Å². The van der Waals surface area contributed by atoms with Crippen molar-refractivity contribution in [3.8, 4) is 5.75 Å². The average Bonchev–Trinajstić information content (AvgIpc) is 2.45. The Morgan fingerprint density at radius 1 is 0.864 bits per heavy atom. The van der Waals surface area contributed by atoms with Gasteiger partial charge < -0.3 is 4.74 Å². The first-order chi connectivity index (χ1) is 10.2. The molecule has 4 heteroatoms. The number of rotatable bonds is 6. The summed E-state index contributed by atoms with van der Waals surface area (Å²) in [4.78, 5) is 0. The quantitative estimate of drug-likeness (QED) is 0.494. The minimum Gasteiger partial charge on any atom is -0.497 e. The predicted octanol–water partition coefficient (Wildman–Crippen LogP) is 7.06. The highest BCUT2D eigenvalue weighted by Crippen LogP contribution is 2.50. The van der Waals surface area contributed by atoms with Crippen molar-refractivity contribution < 1.29 is 4.74 Å². The third kappa shape index (κ3) is 3.55. The third-order valence-electron chi connectivity index (χ3n) is 4.78. The Morgan fingerprint density at radius 3 is 1.59 bits per heavy atom. The second-order valence-corrected chi connectivity index (χ2v) is 13.7. The molecule has 0 saturated carbocycles. The maximum Gasteiger partial charge on any atom is 0.118 e. The molecule has 1 aromatic carbocycles. The molecule has 0 heterocycles. The number of methoxy groups -OCH3 is 1. The van der Waals surface area contributed by atoms with Crippen molar-refractivity contribution in [1.82, 2.24) is 0 Å². The van der Waals surface area contributed by atoms with Gasteiger partial charge in [-0.15, -0.1) is 0 Å². The highest BCUT2D eigenvalue weighted by Gasteiger charge is 2.46. The summed E-state index contributed by atoms with van der Waals surface area (Å²) in [6, 6.07) is 7.80. The third-order valence-corrected chi connectivity index (χ3v) is 13.4. The zero-order chi connectivity index (χ0) is 17.1. The second kappa shape index (κ2) is 7.90. The lowest BCUT2D eigenvalue weighted by molar-refractivity contribution is 0.415. The molecular weight excluding hydrogens is 331 g/mol. The minimum absolute atomic E-state index is 0.534. The molecule has 0 bridgehead atoms. The van der Waals surface area contributed by atoms with Crippen molar-refractivity contribution in [2.24, 2.45) is 0 Å². The summed E-state index contributed by atoms with van der Waals surface area (Å²) in [5, 5.41) is 0.701. The molecular formula is C18H28Cl2OSi. The van der Waals surface area contributed by atoms with E-state index < -0.39 is 8.07 Å². The molecule has 0 saturated heterocycles. The Balaban J connectivity index is 3.45. The van der Waals surface area contributed by atoms with Crippen LogP contribution in [0.5, 0.6) is 5.75 Å². The van der Waals surface area contributed by atoms with E-state index in [1.807, 2.05) is 24.3 Å². The van der Waals surface area contributed by atoms with Crippen molar-refractivity contribution >= 4 is 36.3 Å². The van der Waals surface area contributed by atoms with Gasteiger partial charge in [0.05, 0.1) is 12.1 Å². The Hall–Kier alpha value is -0.443. The molecule has 0 unspecified atom stereocenters. The lowest BCUT2D eigenvalue weighted by atomic mass is 10.2. The highest BCUT2D eigenvalue weighted by molar-refractivity contribution is 6.99. The fourth-order valence-electron chi connectivity index (χ4n) is 3.81. The summed E-state index contributed by atoms with van der Waals surface area (Å²) in [6.07, 6.45) is 0. The first kappa shape index (κ1) is 19.6. The summed E-state index contributed by atoms with van der Waals surface area (Å²) in [5.74, 6) is 0.824. The van der Waals surface area contributed by atoms with Crippen LogP contribution in [0.4, 0.5) is 0 Å². The van der Waals surface area contributed by atoms with E-state index in [2.05, 4.69) is 41.5 Å². The van der Waals surface area contributed by atoms with Crippen LogP contribution in [-0.2, 0) is 0 Å². The molecule has 0 fully saturated rings. The van der Waals surface area contributed by atoms with Gasteiger partial charge >= 0.3 is 0 Å². The van der Waals surface area contributed by atoms with Crippen molar-refractivity contribution in [2.45, 2.75) is 58.2 Å². The molecule has 0 atom stereocenters. The van der Waals surface area contributed by atoms with Gasteiger partial charge in [0.15, 0.2) is 0 Å². The zero-order valence-electron chi connectivity index (χ0n) is 14.7. The maximum absolute atomic E-state index is 6.93. The van der Waals surface area contributed by atoms with Gasteiger partial charge in [0.25, 0.3) is 0 Å². The van der Waals surface area contributed by atoms with Gasteiger partial charge in [-0.2, -0.15) is 0 Å². The van der Waals surface area contributed by atoms with E-state index in [1.54, 1.807) is 7.11 Å². The topological polar surface area (TPSA) is 9.23 Å². The van der Waals surface area contributed by atoms with E-state index in [4.69, 9.17) is 27.9 Å². The SMILES string of the molecule is COc1ccc(/C(Cl)=C(/Cl)[Si](C(C)C)(C(C)C)C(C)C)cc1. The van der Waals surface area contributed by atoms with E-state index in [0.29, 0.717) is 21.7 Å². The monoisotopic (exact) mass is 358 g/mol.